The summed E-state index contributed by atoms with van der Waals surface area (Å²) < 4.78 is 1.65. The second-order valence-electron chi connectivity index (χ2n) is 5.78. The second-order valence-corrected chi connectivity index (χ2v) is 5.78. The maximum atomic E-state index is 12.5. The molecule has 0 aliphatic rings. The highest BCUT2D eigenvalue weighted by molar-refractivity contribution is 6.10. The van der Waals surface area contributed by atoms with E-state index in [1.165, 1.54) is 0 Å². The molecule has 2 aromatic heterocycles. The molecule has 6 heteroatoms. The first kappa shape index (κ1) is 17.1. The molecule has 26 heavy (non-hydrogen) atoms. The van der Waals surface area contributed by atoms with Crippen LogP contribution in [0.4, 0.5) is 5.69 Å². The van der Waals surface area contributed by atoms with Gasteiger partial charge in [0.25, 0.3) is 5.91 Å². The molecule has 3 aromatic rings. The standard InChI is InChI=1S/C20H17N5O/c1-14-5-3-4-6-18(14)23-20(26)16(12-21)11-17-13-25(2)24-19(17)15-7-9-22-10-8-15/h3-11,13H,1-2H3,(H,23,26). The molecule has 1 aromatic carbocycles. The first-order valence-electron chi connectivity index (χ1n) is 8.01. The van der Waals surface area contributed by atoms with E-state index in [9.17, 15) is 10.1 Å². The van der Waals surface area contributed by atoms with E-state index in [-0.39, 0.29) is 5.57 Å². The van der Waals surface area contributed by atoms with Gasteiger partial charge in [-0.2, -0.15) is 10.4 Å². The van der Waals surface area contributed by atoms with Crippen LogP contribution in [0, 0.1) is 18.3 Å². The number of aryl methyl sites for hydroxylation is 2. The predicted molar refractivity (Wildman–Crippen MR) is 99.8 cm³/mol. The van der Waals surface area contributed by atoms with Gasteiger partial charge in [0.1, 0.15) is 11.6 Å². The molecule has 1 amide bonds. The number of hydrogen-bond acceptors (Lipinski definition) is 4. The molecule has 0 saturated heterocycles. The van der Waals surface area contributed by atoms with Gasteiger partial charge in [0.2, 0.25) is 0 Å². The normalized spacial score (nSPS) is 11.0. The Labute approximate surface area is 151 Å². The number of nitrogens with one attached hydrogen (secondary N) is 1. The molecule has 0 atom stereocenters. The Morgan fingerprint density at radius 3 is 2.65 bits per heavy atom. The van der Waals surface area contributed by atoms with Crippen molar-refractivity contribution in [1.29, 1.82) is 5.26 Å². The largest absolute Gasteiger partial charge is 0.321 e. The van der Waals surface area contributed by atoms with E-state index in [4.69, 9.17) is 0 Å². The minimum atomic E-state index is -0.452. The van der Waals surface area contributed by atoms with Crippen molar-refractivity contribution in [3.05, 3.63) is 71.7 Å². The molecule has 0 bridgehead atoms. The summed E-state index contributed by atoms with van der Waals surface area (Å²) in [5.74, 6) is -0.452. The highest BCUT2D eigenvalue weighted by atomic mass is 16.1. The van der Waals surface area contributed by atoms with Crippen LogP contribution in [0.15, 0.2) is 60.6 Å². The zero-order valence-corrected chi connectivity index (χ0v) is 14.5. The molecule has 128 valence electrons. The summed E-state index contributed by atoms with van der Waals surface area (Å²) in [6.07, 6.45) is 6.67. The monoisotopic (exact) mass is 343 g/mol. The Hall–Kier alpha value is -3.72. The fraction of sp³-hybridized carbons (Fsp3) is 0.100. The van der Waals surface area contributed by atoms with E-state index >= 15 is 0 Å². The van der Waals surface area contributed by atoms with Gasteiger partial charge in [-0.25, -0.2) is 0 Å². The summed E-state index contributed by atoms with van der Waals surface area (Å²) in [5.41, 5.74) is 3.86. The van der Waals surface area contributed by atoms with Crippen molar-refractivity contribution in [3.8, 4) is 17.3 Å². The number of anilines is 1. The summed E-state index contributed by atoms with van der Waals surface area (Å²) in [6, 6.07) is 13.1. The van der Waals surface area contributed by atoms with E-state index in [0.717, 1.165) is 11.1 Å². The summed E-state index contributed by atoms with van der Waals surface area (Å²) in [5, 5.41) is 16.7. The van der Waals surface area contributed by atoms with E-state index in [0.29, 0.717) is 16.9 Å². The number of aromatic nitrogens is 3. The van der Waals surface area contributed by atoms with Crippen LogP contribution < -0.4 is 5.32 Å². The Kier molecular flexibility index (Phi) is 4.90. The quantitative estimate of drug-likeness (QED) is 0.582. The van der Waals surface area contributed by atoms with Crippen LogP contribution in [0.2, 0.25) is 0 Å². The van der Waals surface area contributed by atoms with Gasteiger partial charge >= 0.3 is 0 Å². The lowest BCUT2D eigenvalue weighted by molar-refractivity contribution is -0.112. The van der Waals surface area contributed by atoms with Crippen molar-refractivity contribution in [3.63, 3.8) is 0 Å². The number of benzene rings is 1. The van der Waals surface area contributed by atoms with Crippen molar-refractivity contribution >= 4 is 17.7 Å². The number of para-hydroxylation sites is 1. The first-order valence-corrected chi connectivity index (χ1v) is 8.01. The third kappa shape index (κ3) is 3.68. The minimum absolute atomic E-state index is 0.0107. The van der Waals surface area contributed by atoms with Gasteiger partial charge in [-0.15, -0.1) is 0 Å². The topological polar surface area (TPSA) is 83.6 Å². The maximum absolute atomic E-state index is 12.5. The predicted octanol–water partition coefficient (Wildman–Crippen LogP) is 3.34. The van der Waals surface area contributed by atoms with E-state index < -0.39 is 5.91 Å². The Morgan fingerprint density at radius 2 is 1.96 bits per heavy atom. The van der Waals surface area contributed by atoms with Crippen molar-refractivity contribution in [2.75, 3.05) is 5.32 Å². The fourth-order valence-electron chi connectivity index (χ4n) is 2.55. The van der Waals surface area contributed by atoms with Crippen LogP contribution in [-0.2, 0) is 11.8 Å². The highest BCUT2D eigenvalue weighted by Gasteiger charge is 2.14. The number of amides is 1. The van der Waals surface area contributed by atoms with Gasteiger partial charge in [-0.1, -0.05) is 18.2 Å². The number of hydrogen-bond donors (Lipinski definition) is 1. The zero-order valence-electron chi connectivity index (χ0n) is 14.5. The van der Waals surface area contributed by atoms with Gasteiger partial charge in [-0.05, 0) is 36.8 Å². The number of nitrogens with zero attached hydrogens (tertiary/aromatic N) is 4. The second kappa shape index (κ2) is 7.45. The number of carbonyl (C=O) groups is 1. The number of rotatable bonds is 4. The number of carbonyl (C=O) groups excluding carboxylic acids is 1. The molecule has 0 aliphatic heterocycles. The molecule has 0 fully saturated rings. The maximum Gasteiger partial charge on any atom is 0.266 e. The van der Waals surface area contributed by atoms with E-state index in [1.807, 2.05) is 43.3 Å². The van der Waals surface area contributed by atoms with Crippen LogP contribution in [0.3, 0.4) is 0 Å². The van der Waals surface area contributed by atoms with Crippen LogP contribution in [-0.4, -0.2) is 20.7 Å². The molecule has 0 unspecified atom stereocenters. The highest BCUT2D eigenvalue weighted by Crippen LogP contribution is 2.24. The molecule has 1 N–H and O–H groups in total. The summed E-state index contributed by atoms with van der Waals surface area (Å²) in [7, 11) is 1.79. The molecule has 0 aliphatic carbocycles. The molecular weight excluding hydrogens is 326 g/mol. The lowest BCUT2D eigenvalue weighted by Crippen LogP contribution is -2.14. The van der Waals surface area contributed by atoms with Crippen LogP contribution in [0.5, 0.6) is 0 Å². The molecule has 0 radical (unpaired) electrons. The van der Waals surface area contributed by atoms with Gasteiger partial charge in [0, 0.05) is 42.5 Å². The Bertz CT molecular complexity index is 1010. The summed E-state index contributed by atoms with van der Waals surface area (Å²) in [6.45, 7) is 1.90. The average Bonchev–Trinajstić information content (AvgIpc) is 3.02. The molecular formula is C20H17N5O. The smallest absolute Gasteiger partial charge is 0.266 e. The van der Waals surface area contributed by atoms with Gasteiger partial charge < -0.3 is 5.32 Å². The lowest BCUT2D eigenvalue weighted by Gasteiger charge is -2.07. The SMILES string of the molecule is Cc1ccccc1NC(=O)C(C#N)=Cc1cn(C)nc1-c1ccncc1. The third-order valence-corrected chi connectivity index (χ3v) is 3.87. The number of nitriles is 1. The van der Waals surface area contributed by atoms with Crippen LogP contribution >= 0.6 is 0 Å². The van der Waals surface area contributed by atoms with Crippen molar-refractivity contribution in [2.45, 2.75) is 6.92 Å². The molecule has 2 heterocycles. The zero-order chi connectivity index (χ0) is 18.5. The van der Waals surface area contributed by atoms with Crippen molar-refractivity contribution in [1.82, 2.24) is 14.8 Å². The Morgan fingerprint density at radius 1 is 1.23 bits per heavy atom. The molecule has 6 nitrogen and oxygen atoms in total. The van der Waals surface area contributed by atoms with Crippen LogP contribution in [0.1, 0.15) is 11.1 Å². The fourth-order valence-corrected chi connectivity index (χ4v) is 2.55. The number of pyridine rings is 1. The van der Waals surface area contributed by atoms with Gasteiger partial charge in [0.15, 0.2) is 0 Å². The average molecular weight is 343 g/mol. The first-order chi connectivity index (χ1) is 12.6. The van der Waals surface area contributed by atoms with Gasteiger partial charge in [0.05, 0.1) is 5.69 Å². The van der Waals surface area contributed by atoms with E-state index in [2.05, 4.69) is 15.4 Å². The molecule has 3 rings (SSSR count). The summed E-state index contributed by atoms with van der Waals surface area (Å²) in [4.78, 5) is 16.5. The third-order valence-electron chi connectivity index (χ3n) is 3.87. The van der Waals surface area contributed by atoms with Crippen molar-refractivity contribution < 1.29 is 4.79 Å². The van der Waals surface area contributed by atoms with Crippen LogP contribution in [0.25, 0.3) is 17.3 Å². The minimum Gasteiger partial charge on any atom is -0.321 e. The summed E-state index contributed by atoms with van der Waals surface area (Å²) >= 11 is 0. The van der Waals surface area contributed by atoms with Crippen molar-refractivity contribution in [2.24, 2.45) is 7.05 Å². The molecule has 0 spiro atoms. The Balaban J connectivity index is 1.94. The lowest BCUT2D eigenvalue weighted by atomic mass is 10.1. The molecule has 0 saturated carbocycles. The van der Waals surface area contributed by atoms with Gasteiger partial charge in [-0.3, -0.25) is 14.5 Å². The van der Waals surface area contributed by atoms with E-state index in [1.54, 1.807) is 42.5 Å².